The van der Waals surface area contributed by atoms with E-state index in [2.05, 4.69) is 131 Å². The van der Waals surface area contributed by atoms with Gasteiger partial charge in [0.15, 0.2) is 0 Å². The molecule has 0 saturated carbocycles. The molecule has 0 aliphatic rings. The average molecular weight is 894 g/mol. The van der Waals surface area contributed by atoms with Gasteiger partial charge in [0.1, 0.15) is 0 Å². The van der Waals surface area contributed by atoms with Crippen molar-refractivity contribution >= 4 is 50.8 Å². The molecule has 8 rings (SSSR count). The molecule has 253 valence electrons. The Labute approximate surface area is 310 Å². The van der Waals surface area contributed by atoms with Crippen LogP contribution in [0.3, 0.4) is 0 Å². The van der Waals surface area contributed by atoms with Gasteiger partial charge in [-0.05, 0) is 54.3 Å². The van der Waals surface area contributed by atoms with Gasteiger partial charge in [-0.25, -0.2) is 4.98 Å². The van der Waals surface area contributed by atoms with E-state index in [4.69, 9.17) is 9.40 Å². The summed E-state index contributed by atoms with van der Waals surface area (Å²) in [6, 6.07) is 44.0. The molecule has 1 radical (unpaired) electrons. The van der Waals surface area contributed by atoms with Crippen molar-refractivity contribution in [1.82, 2.24) is 19.5 Å². The first-order valence-electron chi connectivity index (χ1n) is 16.7. The number of hydrogen-bond acceptors (Lipinski definition) is 4. The molecule has 0 saturated heterocycles. The van der Waals surface area contributed by atoms with Gasteiger partial charge < -0.3 is 8.98 Å². The zero-order valence-electron chi connectivity index (χ0n) is 29.5. The Morgan fingerprint density at radius 2 is 1.52 bits per heavy atom. The van der Waals surface area contributed by atoms with E-state index in [1.807, 2.05) is 55.6 Å². The van der Waals surface area contributed by atoms with Crippen molar-refractivity contribution in [2.45, 2.75) is 50.4 Å². The van der Waals surface area contributed by atoms with E-state index < -0.39 is 13.3 Å². The smallest absolute Gasteiger partial charge is 0 e. The van der Waals surface area contributed by atoms with Gasteiger partial charge in [-0.1, -0.05) is 50.4 Å². The van der Waals surface area contributed by atoms with Gasteiger partial charge in [-0.3, -0.25) is 4.98 Å². The van der Waals surface area contributed by atoms with Crippen LogP contribution in [0.2, 0.25) is 17.3 Å². The molecule has 8 aromatic rings. The Bertz CT molecular complexity index is 2400. The first-order valence-corrected chi connectivity index (χ1v) is 24.0. The molecule has 0 aliphatic heterocycles. The van der Waals surface area contributed by atoms with Crippen LogP contribution in [0.1, 0.15) is 32.0 Å². The Morgan fingerprint density at radius 1 is 0.760 bits per heavy atom. The maximum Gasteiger partial charge on any atom is 0 e. The SMILES string of the molecule is Cc1ccc2c(n1)oc1c[c-]c(-c3nc4ccccc4n3-c3ccc(C(C)(C)C)cc3)cc12.[CH3][Ge]([CH3])([CH3])[c]1ccc(-c2[c-]cccc2)nc1.[Ir]. The van der Waals surface area contributed by atoms with Crippen LogP contribution in [0.5, 0.6) is 0 Å². The Kier molecular flexibility index (Phi) is 10.0. The number of pyridine rings is 2. The first-order chi connectivity index (χ1) is 23.5. The van der Waals surface area contributed by atoms with Crippen LogP contribution < -0.4 is 4.40 Å². The largest absolute Gasteiger partial charge is 0 e. The molecule has 7 heteroatoms. The number of rotatable bonds is 4. The molecule has 4 aromatic carbocycles. The van der Waals surface area contributed by atoms with Crippen molar-refractivity contribution in [3.8, 4) is 28.3 Å². The molecular formula is C43H40GeIrN4O-2. The molecule has 0 amide bonds. The van der Waals surface area contributed by atoms with Crippen molar-refractivity contribution in [3.05, 3.63) is 139 Å². The fourth-order valence-electron chi connectivity index (χ4n) is 5.95. The number of aryl methyl sites for hydroxylation is 1. The van der Waals surface area contributed by atoms with Crippen molar-refractivity contribution in [2.75, 3.05) is 0 Å². The summed E-state index contributed by atoms with van der Waals surface area (Å²) in [7, 11) is 0. The maximum atomic E-state index is 5.97. The van der Waals surface area contributed by atoms with Crippen LogP contribution >= 0.6 is 0 Å². The molecular weight excluding hydrogens is 853 g/mol. The van der Waals surface area contributed by atoms with Crippen LogP contribution in [0.15, 0.2) is 120 Å². The van der Waals surface area contributed by atoms with E-state index >= 15 is 0 Å². The summed E-state index contributed by atoms with van der Waals surface area (Å²) in [5, 5.41) is 2.02. The predicted octanol–water partition coefficient (Wildman–Crippen LogP) is 10.5. The first kappa shape index (κ1) is 35.5. The van der Waals surface area contributed by atoms with Gasteiger partial charge in [0.25, 0.3) is 0 Å². The number of fused-ring (bicyclic) bond motifs is 4. The Balaban J connectivity index is 0.000000215. The van der Waals surface area contributed by atoms with Crippen molar-refractivity contribution in [2.24, 2.45) is 0 Å². The third kappa shape index (κ3) is 7.25. The number of hydrogen-bond donors (Lipinski definition) is 0. The Morgan fingerprint density at radius 3 is 2.20 bits per heavy atom. The van der Waals surface area contributed by atoms with Gasteiger partial charge in [0.2, 0.25) is 5.71 Å². The second-order valence-electron chi connectivity index (χ2n) is 14.5. The van der Waals surface area contributed by atoms with Gasteiger partial charge in [-0.2, -0.15) is 0 Å². The van der Waals surface area contributed by atoms with Crippen LogP contribution in [0.4, 0.5) is 0 Å². The summed E-state index contributed by atoms with van der Waals surface area (Å²) in [5.41, 5.74) is 9.87. The Hall–Kier alpha value is -4.36. The quantitative estimate of drug-likeness (QED) is 0.130. The molecule has 0 aliphatic carbocycles. The molecule has 0 N–H and O–H groups in total. The van der Waals surface area contributed by atoms with E-state index in [0.29, 0.717) is 5.71 Å². The summed E-state index contributed by atoms with van der Waals surface area (Å²) in [5.74, 6) is 8.00. The van der Waals surface area contributed by atoms with E-state index in [-0.39, 0.29) is 25.5 Å². The van der Waals surface area contributed by atoms with Gasteiger partial charge in [-0.15, -0.1) is 23.8 Å². The molecule has 0 atom stereocenters. The van der Waals surface area contributed by atoms with Crippen LogP contribution in [0, 0.1) is 19.1 Å². The molecule has 50 heavy (non-hydrogen) atoms. The van der Waals surface area contributed by atoms with Crippen LogP contribution in [0.25, 0.3) is 61.4 Å². The monoisotopic (exact) mass is 895 g/mol. The second kappa shape index (κ2) is 14.1. The summed E-state index contributed by atoms with van der Waals surface area (Å²) >= 11 is -1.72. The maximum absolute atomic E-state index is 5.97. The summed E-state index contributed by atoms with van der Waals surface area (Å²) in [6.07, 6.45) is 2.04. The fraction of sp³-hybridized carbons (Fsp3) is 0.186. The van der Waals surface area contributed by atoms with Gasteiger partial charge >= 0.3 is 99.8 Å². The number of imidazole rings is 1. The molecule has 0 unspecified atom stereocenters. The molecule has 4 heterocycles. The van der Waals surface area contributed by atoms with Gasteiger partial charge in [0.05, 0.1) is 22.4 Å². The van der Waals surface area contributed by atoms with Crippen molar-refractivity contribution in [1.29, 1.82) is 0 Å². The van der Waals surface area contributed by atoms with E-state index in [1.165, 1.54) is 9.96 Å². The minimum Gasteiger partial charge on any atom is 0 e. The average Bonchev–Trinajstić information content (AvgIpc) is 3.66. The topological polar surface area (TPSA) is 56.7 Å². The standard InChI is InChI=1S/C29H24N3O.C14H16GeN.Ir/c1-18-9-15-22-23-17-19(10-16-26(23)33-28(22)30-18)27-31-24-7-5-6-8-25(24)32(27)21-13-11-20(12-14-21)29(2,3)4;1-15(2,3)13-9-10-14(16-11-13)12-7-5-4-6-8-12;/h5-9,11-17H,1-4H3;4-7,9-11H,1-3H3;/q2*-1;. The third-order valence-corrected chi connectivity index (χ3v) is 13.1. The van der Waals surface area contributed by atoms with Crippen molar-refractivity contribution < 1.29 is 24.5 Å². The van der Waals surface area contributed by atoms with E-state index in [9.17, 15) is 0 Å². The second-order valence-corrected chi connectivity index (χ2v) is 25.2. The molecule has 4 aromatic heterocycles. The molecule has 0 bridgehead atoms. The zero-order valence-corrected chi connectivity index (χ0v) is 34.0. The minimum absolute atomic E-state index is 0. The van der Waals surface area contributed by atoms with Crippen molar-refractivity contribution in [3.63, 3.8) is 0 Å². The number of benzene rings is 4. The molecule has 0 spiro atoms. The summed E-state index contributed by atoms with van der Waals surface area (Å²) in [4.78, 5) is 14.1. The fourth-order valence-corrected chi connectivity index (χ4v) is 8.12. The minimum atomic E-state index is -1.72. The zero-order chi connectivity index (χ0) is 34.3. The summed E-state index contributed by atoms with van der Waals surface area (Å²) < 4.78 is 9.63. The van der Waals surface area contributed by atoms with Crippen LogP contribution in [-0.4, -0.2) is 32.8 Å². The number of furan rings is 1. The third-order valence-electron chi connectivity index (χ3n) is 8.82. The van der Waals surface area contributed by atoms with E-state index in [0.717, 1.165) is 61.4 Å². The number of aromatic nitrogens is 4. The molecule has 5 nitrogen and oxygen atoms in total. The van der Waals surface area contributed by atoms with E-state index in [1.54, 1.807) is 0 Å². The van der Waals surface area contributed by atoms with Gasteiger partial charge in [0, 0.05) is 36.9 Å². The number of para-hydroxylation sites is 2. The normalized spacial score (nSPS) is 11.7. The van der Waals surface area contributed by atoms with Crippen LogP contribution in [-0.2, 0) is 25.5 Å². The molecule has 0 fully saturated rings. The summed E-state index contributed by atoms with van der Waals surface area (Å²) in [6.45, 7) is 8.67. The number of nitrogens with zero attached hydrogens (tertiary/aromatic N) is 4. The predicted molar refractivity (Wildman–Crippen MR) is 205 cm³/mol.